The molecule has 0 radical (unpaired) electrons. The van der Waals surface area contributed by atoms with Crippen LogP contribution in [0.4, 0.5) is 11.4 Å². The average molecular weight is 539 g/mol. The molecule has 0 bridgehead atoms. The highest BCUT2D eigenvalue weighted by Crippen LogP contribution is 2.44. The van der Waals surface area contributed by atoms with E-state index in [1.807, 2.05) is 101 Å². The van der Waals surface area contributed by atoms with E-state index in [1.165, 1.54) is 10.0 Å². The van der Waals surface area contributed by atoms with Crippen LogP contribution in [0, 0.1) is 25.7 Å². The highest BCUT2D eigenvalue weighted by Gasteiger charge is 2.50. The Hall–Kier alpha value is -4.46. The lowest BCUT2D eigenvalue weighted by atomic mass is 9.73. The maximum absolute atomic E-state index is 14.1. The van der Waals surface area contributed by atoms with Crippen molar-refractivity contribution < 1.29 is 19.1 Å². The smallest absolute Gasteiger partial charge is 0.256 e. The molecular formula is C32H34N4O4. The summed E-state index contributed by atoms with van der Waals surface area (Å²) >= 11 is 0. The number of aryl methyl sites for hydroxylation is 2. The van der Waals surface area contributed by atoms with Crippen LogP contribution in [0.2, 0.25) is 0 Å². The lowest BCUT2D eigenvalue weighted by molar-refractivity contribution is -0.122. The minimum atomic E-state index is -0.680. The van der Waals surface area contributed by atoms with E-state index in [2.05, 4.69) is 10.2 Å². The number of nitrogens with zero attached hydrogens (tertiary/aromatic N) is 4. The van der Waals surface area contributed by atoms with E-state index in [0.29, 0.717) is 40.9 Å². The number of rotatable bonds is 8. The van der Waals surface area contributed by atoms with Gasteiger partial charge in [0.05, 0.1) is 36.9 Å². The van der Waals surface area contributed by atoms with E-state index in [-0.39, 0.29) is 11.8 Å². The van der Waals surface area contributed by atoms with Crippen LogP contribution in [-0.4, -0.2) is 37.0 Å². The third-order valence-electron chi connectivity index (χ3n) is 7.51. The highest BCUT2D eigenvalue weighted by molar-refractivity contribution is 6.19. The van der Waals surface area contributed by atoms with Gasteiger partial charge in [0.1, 0.15) is 0 Å². The summed E-state index contributed by atoms with van der Waals surface area (Å²) < 4.78 is 11.4. The van der Waals surface area contributed by atoms with Crippen molar-refractivity contribution in [1.82, 2.24) is 0 Å². The number of anilines is 2. The lowest BCUT2D eigenvalue weighted by Gasteiger charge is -2.29. The quantitative estimate of drug-likeness (QED) is 0.359. The van der Waals surface area contributed by atoms with Gasteiger partial charge < -0.3 is 9.47 Å². The Kier molecular flexibility index (Phi) is 7.43. The summed E-state index contributed by atoms with van der Waals surface area (Å²) in [5.41, 5.74) is 5.60. The number of methoxy groups -OCH3 is 1. The Morgan fingerprint density at radius 3 is 1.62 bits per heavy atom. The summed E-state index contributed by atoms with van der Waals surface area (Å²) in [4.78, 5) is 28.2. The lowest BCUT2D eigenvalue weighted by Crippen LogP contribution is -2.40. The Morgan fingerprint density at radius 1 is 0.725 bits per heavy atom. The maximum Gasteiger partial charge on any atom is 0.256 e. The first-order valence-electron chi connectivity index (χ1n) is 13.5. The summed E-state index contributed by atoms with van der Waals surface area (Å²) in [6, 6.07) is 20.9. The van der Waals surface area contributed by atoms with Crippen LogP contribution in [0.1, 0.15) is 43.4 Å². The topological polar surface area (TPSA) is 83.8 Å². The molecule has 2 heterocycles. The fourth-order valence-corrected chi connectivity index (χ4v) is 5.47. The molecule has 0 aromatic heterocycles. The van der Waals surface area contributed by atoms with Crippen molar-refractivity contribution in [1.29, 1.82) is 0 Å². The third-order valence-corrected chi connectivity index (χ3v) is 7.51. The van der Waals surface area contributed by atoms with E-state index >= 15 is 0 Å². The molecule has 206 valence electrons. The van der Waals surface area contributed by atoms with Crippen LogP contribution in [0.15, 0.2) is 76.9 Å². The van der Waals surface area contributed by atoms with Crippen LogP contribution >= 0.6 is 0 Å². The van der Waals surface area contributed by atoms with Gasteiger partial charge in [-0.2, -0.15) is 10.2 Å². The third kappa shape index (κ3) is 4.85. The molecule has 0 saturated carbocycles. The maximum atomic E-state index is 14.1. The van der Waals surface area contributed by atoms with Gasteiger partial charge in [-0.25, -0.2) is 10.0 Å². The van der Waals surface area contributed by atoms with Crippen molar-refractivity contribution in [2.45, 2.75) is 40.5 Å². The molecule has 0 aliphatic carbocycles. The Morgan fingerprint density at radius 2 is 1.20 bits per heavy atom. The molecule has 2 aliphatic rings. The summed E-state index contributed by atoms with van der Waals surface area (Å²) in [5, 5.41) is 12.2. The summed E-state index contributed by atoms with van der Waals surface area (Å²) in [5.74, 6) is -1.16. The van der Waals surface area contributed by atoms with Gasteiger partial charge in [0.25, 0.3) is 11.8 Å². The Labute approximate surface area is 234 Å². The van der Waals surface area contributed by atoms with E-state index in [0.717, 1.165) is 16.7 Å². The van der Waals surface area contributed by atoms with E-state index in [9.17, 15) is 9.59 Å². The molecule has 3 aromatic carbocycles. The second kappa shape index (κ2) is 11.0. The van der Waals surface area contributed by atoms with Crippen LogP contribution in [0.3, 0.4) is 0 Å². The van der Waals surface area contributed by atoms with Gasteiger partial charge in [-0.15, -0.1) is 0 Å². The van der Waals surface area contributed by atoms with Gasteiger partial charge in [0, 0.05) is 17.3 Å². The minimum absolute atomic E-state index is 0.186. The standard InChI is InChI=1S/C32H34N4O4/c1-7-40-26-17-12-23(18-27(26)39-6)30(28-21(4)33-35(31(28)37)24-13-8-19(2)9-14-24)29-22(5)34-36(32(29)38)25-15-10-20(3)11-16-25/h8-18,28-30H,7H2,1-6H3. The van der Waals surface area contributed by atoms with Gasteiger partial charge in [0.2, 0.25) is 0 Å². The number of benzene rings is 3. The zero-order chi connectivity index (χ0) is 28.6. The second-order valence-corrected chi connectivity index (χ2v) is 10.3. The molecule has 0 spiro atoms. The molecule has 2 aliphatic heterocycles. The van der Waals surface area contributed by atoms with Gasteiger partial charge in [-0.05, 0) is 76.6 Å². The Bertz CT molecular complexity index is 1410. The molecule has 2 amide bonds. The molecule has 40 heavy (non-hydrogen) atoms. The number of hydrogen-bond donors (Lipinski definition) is 0. The summed E-state index contributed by atoms with van der Waals surface area (Å²) in [6.45, 7) is 10.1. The SMILES string of the molecule is CCOc1ccc(C(C2C(=O)N(c3ccc(C)cc3)N=C2C)C2C(=O)N(c3ccc(C)cc3)N=C2C)cc1OC. The number of hydrazone groups is 2. The van der Waals surface area contributed by atoms with Crippen molar-refractivity contribution >= 4 is 34.6 Å². The molecule has 5 rings (SSSR count). The predicted octanol–water partition coefficient (Wildman–Crippen LogP) is 5.87. The van der Waals surface area contributed by atoms with Gasteiger partial charge in [-0.1, -0.05) is 41.5 Å². The van der Waals surface area contributed by atoms with Crippen molar-refractivity contribution in [3.05, 3.63) is 83.4 Å². The largest absolute Gasteiger partial charge is 0.493 e. The first kappa shape index (κ1) is 27.1. The average Bonchev–Trinajstić information content (AvgIpc) is 3.40. The first-order valence-corrected chi connectivity index (χ1v) is 13.5. The molecule has 8 heteroatoms. The number of carbonyl (C=O) groups is 2. The van der Waals surface area contributed by atoms with Crippen LogP contribution in [0.5, 0.6) is 11.5 Å². The number of amides is 2. The second-order valence-electron chi connectivity index (χ2n) is 10.3. The van der Waals surface area contributed by atoms with Crippen LogP contribution in [-0.2, 0) is 9.59 Å². The van der Waals surface area contributed by atoms with Crippen LogP contribution < -0.4 is 19.5 Å². The molecule has 2 unspecified atom stereocenters. The molecule has 8 nitrogen and oxygen atoms in total. The minimum Gasteiger partial charge on any atom is -0.493 e. The van der Waals surface area contributed by atoms with Crippen LogP contribution in [0.25, 0.3) is 0 Å². The van der Waals surface area contributed by atoms with Crippen molar-refractivity contribution in [3.8, 4) is 11.5 Å². The molecule has 2 atom stereocenters. The predicted molar refractivity (Wildman–Crippen MR) is 157 cm³/mol. The van der Waals surface area contributed by atoms with E-state index in [1.54, 1.807) is 7.11 Å². The molecule has 0 saturated heterocycles. The zero-order valence-corrected chi connectivity index (χ0v) is 23.7. The highest BCUT2D eigenvalue weighted by atomic mass is 16.5. The van der Waals surface area contributed by atoms with Crippen molar-refractivity contribution in [2.75, 3.05) is 23.7 Å². The molecular weight excluding hydrogens is 504 g/mol. The van der Waals surface area contributed by atoms with Crippen molar-refractivity contribution in [3.63, 3.8) is 0 Å². The fourth-order valence-electron chi connectivity index (χ4n) is 5.47. The normalized spacial score (nSPS) is 19.6. The fraction of sp³-hybridized carbons (Fsp3) is 0.312. The molecule has 3 aromatic rings. The monoisotopic (exact) mass is 538 g/mol. The summed E-state index contributed by atoms with van der Waals surface area (Å²) in [6.07, 6.45) is 0. The molecule has 0 fully saturated rings. The zero-order valence-electron chi connectivity index (χ0n) is 23.7. The number of ether oxygens (including phenoxy) is 2. The number of hydrogen-bond acceptors (Lipinski definition) is 6. The van der Waals surface area contributed by atoms with E-state index < -0.39 is 17.8 Å². The Balaban J connectivity index is 1.59. The van der Waals surface area contributed by atoms with Gasteiger partial charge in [0.15, 0.2) is 11.5 Å². The summed E-state index contributed by atoms with van der Waals surface area (Å²) in [7, 11) is 1.58. The van der Waals surface area contributed by atoms with E-state index in [4.69, 9.17) is 9.47 Å². The first-order chi connectivity index (χ1) is 19.2. The van der Waals surface area contributed by atoms with Gasteiger partial charge in [-0.3, -0.25) is 9.59 Å². The van der Waals surface area contributed by atoms with Crippen molar-refractivity contribution in [2.24, 2.45) is 22.0 Å². The van der Waals surface area contributed by atoms with Gasteiger partial charge >= 0.3 is 0 Å². The molecule has 0 N–H and O–H groups in total. The number of carbonyl (C=O) groups excluding carboxylic acids is 2.